The lowest BCUT2D eigenvalue weighted by atomic mass is 10.1. The quantitative estimate of drug-likeness (QED) is 0.388. The highest BCUT2D eigenvalue weighted by molar-refractivity contribution is 7.99. The molecule has 6 nitrogen and oxygen atoms in total. The van der Waals surface area contributed by atoms with Crippen LogP contribution in [0.15, 0.2) is 52.0 Å². The molecule has 0 saturated carbocycles. The van der Waals surface area contributed by atoms with E-state index < -0.39 is 0 Å². The van der Waals surface area contributed by atoms with E-state index in [-0.39, 0.29) is 11.7 Å². The Morgan fingerprint density at radius 2 is 1.93 bits per heavy atom. The molecular weight excluding hydrogens is 420 g/mol. The molecule has 0 radical (unpaired) electrons. The van der Waals surface area contributed by atoms with Gasteiger partial charge in [-0.15, -0.1) is 10.2 Å². The molecule has 0 aliphatic heterocycles. The van der Waals surface area contributed by atoms with Crippen LogP contribution in [0.5, 0.6) is 0 Å². The Morgan fingerprint density at radius 3 is 2.67 bits per heavy atom. The number of hydrogen-bond donors (Lipinski definition) is 1. The highest BCUT2D eigenvalue weighted by Crippen LogP contribution is 2.30. The molecule has 0 saturated heterocycles. The van der Waals surface area contributed by atoms with Crippen molar-refractivity contribution >= 4 is 45.9 Å². The molecular formula is C22H21ClN4O2S. The minimum atomic E-state index is -0.0806. The van der Waals surface area contributed by atoms with Crippen LogP contribution in [-0.2, 0) is 11.3 Å². The Balaban J connectivity index is 1.51. The van der Waals surface area contributed by atoms with Gasteiger partial charge in [0.05, 0.1) is 5.75 Å². The summed E-state index contributed by atoms with van der Waals surface area (Å²) in [5.74, 6) is 1.40. The summed E-state index contributed by atoms with van der Waals surface area (Å²) >= 11 is 7.42. The van der Waals surface area contributed by atoms with Crippen LogP contribution in [0.1, 0.15) is 18.1 Å². The summed E-state index contributed by atoms with van der Waals surface area (Å²) in [6.45, 7) is 6.63. The van der Waals surface area contributed by atoms with Crippen molar-refractivity contribution in [3.63, 3.8) is 0 Å². The fraction of sp³-hybridized carbons (Fsp3) is 0.227. The first-order valence-corrected chi connectivity index (χ1v) is 10.9. The predicted octanol–water partition coefficient (Wildman–Crippen LogP) is 5.71. The van der Waals surface area contributed by atoms with Gasteiger partial charge in [0.1, 0.15) is 5.58 Å². The monoisotopic (exact) mass is 440 g/mol. The number of amides is 1. The Morgan fingerprint density at radius 1 is 1.17 bits per heavy atom. The lowest BCUT2D eigenvalue weighted by molar-refractivity contribution is -0.113. The van der Waals surface area contributed by atoms with Gasteiger partial charge in [-0.25, -0.2) is 0 Å². The number of nitrogens with one attached hydrogen (secondary N) is 1. The molecule has 8 heteroatoms. The fourth-order valence-electron chi connectivity index (χ4n) is 3.30. The molecule has 0 aliphatic rings. The average Bonchev–Trinajstić information content (AvgIpc) is 3.32. The molecule has 4 rings (SSSR count). The number of aromatic nitrogens is 3. The first-order valence-electron chi connectivity index (χ1n) is 9.57. The SMILES string of the molecule is CCn1c(SCC(=O)Nc2c(C)cccc2C)nnc1-c1cc2cc(Cl)ccc2o1. The minimum Gasteiger partial charge on any atom is -0.453 e. The van der Waals surface area contributed by atoms with Crippen molar-refractivity contribution in [3.05, 3.63) is 58.6 Å². The number of rotatable bonds is 6. The summed E-state index contributed by atoms with van der Waals surface area (Å²) in [5.41, 5.74) is 3.68. The normalized spacial score (nSPS) is 11.2. The molecule has 0 atom stereocenters. The molecule has 0 fully saturated rings. The molecule has 1 N–H and O–H groups in total. The first-order chi connectivity index (χ1) is 14.5. The third-order valence-electron chi connectivity index (χ3n) is 4.81. The average molecular weight is 441 g/mol. The number of benzene rings is 2. The van der Waals surface area contributed by atoms with Gasteiger partial charge in [-0.1, -0.05) is 41.6 Å². The second kappa shape index (κ2) is 8.53. The van der Waals surface area contributed by atoms with Gasteiger partial charge in [0.2, 0.25) is 11.7 Å². The maximum Gasteiger partial charge on any atom is 0.234 e. The van der Waals surface area contributed by atoms with Crippen molar-refractivity contribution in [1.29, 1.82) is 0 Å². The van der Waals surface area contributed by atoms with Crippen LogP contribution >= 0.6 is 23.4 Å². The van der Waals surface area contributed by atoms with Gasteiger partial charge >= 0.3 is 0 Å². The summed E-state index contributed by atoms with van der Waals surface area (Å²) in [7, 11) is 0. The van der Waals surface area contributed by atoms with Crippen LogP contribution in [0.3, 0.4) is 0 Å². The summed E-state index contributed by atoms with van der Waals surface area (Å²) in [5, 5.41) is 13.8. The fourth-order valence-corrected chi connectivity index (χ4v) is 4.29. The number of hydrogen-bond acceptors (Lipinski definition) is 5. The molecule has 154 valence electrons. The number of nitrogens with zero attached hydrogens (tertiary/aromatic N) is 3. The zero-order chi connectivity index (χ0) is 21.3. The van der Waals surface area contributed by atoms with E-state index in [1.54, 1.807) is 6.07 Å². The predicted molar refractivity (Wildman–Crippen MR) is 121 cm³/mol. The molecule has 2 heterocycles. The Hall–Kier alpha value is -2.77. The van der Waals surface area contributed by atoms with E-state index in [9.17, 15) is 4.79 Å². The topological polar surface area (TPSA) is 73.0 Å². The maximum absolute atomic E-state index is 12.5. The number of para-hydroxylation sites is 1. The number of thioether (sulfide) groups is 1. The van der Waals surface area contributed by atoms with Crippen LogP contribution < -0.4 is 5.32 Å². The molecule has 1 amide bonds. The third-order valence-corrected chi connectivity index (χ3v) is 6.01. The van der Waals surface area contributed by atoms with Gasteiger partial charge in [0.15, 0.2) is 10.9 Å². The minimum absolute atomic E-state index is 0.0806. The van der Waals surface area contributed by atoms with E-state index in [4.69, 9.17) is 16.0 Å². The molecule has 0 spiro atoms. The summed E-state index contributed by atoms with van der Waals surface area (Å²) < 4.78 is 7.87. The second-order valence-electron chi connectivity index (χ2n) is 6.95. The second-order valence-corrected chi connectivity index (χ2v) is 8.33. The summed E-state index contributed by atoms with van der Waals surface area (Å²) in [6.07, 6.45) is 0. The molecule has 2 aromatic carbocycles. The largest absolute Gasteiger partial charge is 0.453 e. The molecule has 30 heavy (non-hydrogen) atoms. The number of anilines is 1. The van der Waals surface area contributed by atoms with Crippen LogP contribution in [0.25, 0.3) is 22.6 Å². The standard InChI is InChI=1S/C22H21ClN4O2S/c1-4-27-21(18-11-15-10-16(23)8-9-17(15)29-18)25-26-22(27)30-12-19(28)24-20-13(2)6-5-7-14(20)3/h5-11H,4,12H2,1-3H3,(H,24,28). The van der Waals surface area contributed by atoms with E-state index in [1.807, 2.05) is 61.7 Å². The molecule has 0 aliphatic carbocycles. The van der Waals surface area contributed by atoms with Crippen LogP contribution in [0.4, 0.5) is 5.69 Å². The highest BCUT2D eigenvalue weighted by atomic mass is 35.5. The molecule has 4 aromatic rings. The number of aryl methyl sites for hydroxylation is 2. The van der Waals surface area contributed by atoms with Crippen LogP contribution in [0, 0.1) is 13.8 Å². The van der Waals surface area contributed by atoms with Crippen molar-refractivity contribution < 1.29 is 9.21 Å². The van der Waals surface area contributed by atoms with Gasteiger partial charge < -0.3 is 9.73 Å². The molecule has 2 aromatic heterocycles. The van der Waals surface area contributed by atoms with Crippen molar-refractivity contribution in [2.24, 2.45) is 0 Å². The van der Waals surface area contributed by atoms with E-state index in [0.29, 0.717) is 28.3 Å². The smallest absolute Gasteiger partial charge is 0.234 e. The van der Waals surface area contributed by atoms with Crippen molar-refractivity contribution in [2.75, 3.05) is 11.1 Å². The van der Waals surface area contributed by atoms with Gasteiger partial charge in [-0.2, -0.15) is 0 Å². The number of carbonyl (C=O) groups is 1. The van der Waals surface area contributed by atoms with Gasteiger partial charge in [-0.3, -0.25) is 9.36 Å². The van der Waals surface area contributed by atoms with Crippen LogP contribution in [-0.4, -0.2) is 26.4 Å². The van der Waals surface area contributed by atoms with E-state index >= 15 is 0 Å². The van der Waals surface area contributed by atoms with Gasteiger partial charge in [0.25, 0.3) is 0 Å². The summed E-state index contributed by atoms with van der Waals surface area (Å²) in [6, 6.07) is 13.3. The number of carbonyl (C=O) groups excluding carboxylic acids is 1. The first kappa shape index (κ1) is 20.5. The van der Waals surface area contributed by atoms with Crippen LogP contribution in [0.2, 0.25) is 5.02 Å². The van der Waals surface area contributed by atoms with Gasteiger partial charge in [-0.05, 0) is 56.2 Å². The Labute approximate surface area is 183 Å². The van der Waals surface area contributed by atoms with Crippen molar-refractivity contribution in [3.8, 4) is 11.6 Å². The summed E-state index contributed by atoms with van der Waals surface area (Å²) in [4.78, 5) is 12.5. The number of furan rings is 1. The molecule has 0 unspecified atom stereocenters. The van der Waals surface area contributed by atoms with Gasteiger partial charge in [0, 0.05) is 22.6 Å². The third kappa shape index (κ3) is 4.08. The maximum atomic E-state index is 12.5. The Kier molecular flexibility index (Phi) is 5.83. The number of fused-ring (bicyclic) bond motifs is 1. The van der Waals surface area contributed by atoms with E-state index in [0.717, 1.165) is 27.8 Å². The Bertz CT molecular complexity index is 1210. The lowest BCUT2D eigenvalue weighted by Gasteiger charge is -2.11. The van der Waals surface area contributed by atoms with Crippen molar-refractivity contribution in [2.45, 2.75) is 32.5 Å². The zero-order valence-electron chi connectivity index (χ0n) is 16.9. The van der Waals surface area contributed by atoms with Crippen molar-refractivity contribution in [1.82, 2.24) is 14.8 Å². The van der Waals surface area contributed by atoms with E-state index in [2.05, 4.69) is 15.5 Å². The molecule has 0 bridgehead atoms. The highest BCUT2D eigenvalue weighted by Gasteiger charge is 2.18. The lowest BCUT2D eigenvalue weighted by Crippen LogP contribution is -2.16. The van der Waals surface area contributed by atoms with E-state index in [1.165, 1.54) is 11.8 Å². The number of halogens is 1. The zero-order valence-corrected chi connectivity index (χ0v) is 18.5.